The summed E-state index contributed by atoms with van der Waals surface area (Å²) in [5.74, 6) is 0.872. The van der Waals surface area contributed by atoms with Crippen LogP contribution in [0.2, 0.25) is 0 Å². The standard InChI is InChI=1S/C39H75NO3S/c1-7-10-13-16-19-23-30-37(4)41-44(36-29-22-26-33-40-34-27-28-35-40,42-38(5)31-24-20-17-14-11-8-2)43-39(6)32-25-21-18-15-12-9-3/h16-21,37-39H,7-15,22-36H2,1-6H3/b19-16-,20-17-,21-18-. The van der Waals surface area contributed by atoms with E-state index in [4.69, 9.17) is 12.5 Å². The van der Waals surface area contributed by atoms with Gasteiger partial charge in [0.2, 0.25) is 0 Å². The van der Waals surface area contributed by atoms with Crippen molar-refractivity contribution in [3.05, 3.63) is 36.5 Å². The topological polar surface area (TPSA) is 30.9 Å². The van der Waals surface area contributed by atoms with Crippen molar-refractivity contribution in [3.63, 3.8) is 0 Å². The lowest BCUT2D eigenvalue weighted by atomic mass is 10.2. The number of unbranched alkanes of at least 4 members (excludes halogenated alkanes) is 8. The highest BCUT2D eigenvalue weighted by molar-refractivity contribution is 8.21. The van der Waals surface area contributed by atoms with Crippen molar-refractivity contribution in [1.82, 2.24) is 4.90 Å². The lowest BCUT2D eigenvalue weighted by Crippen LogP contribution is -2.27. The summed E-state index contributed by atoms with van der Waals surface area (Å²) in [5.41, 5.74) is 0. The molecule has 0 saturated carbocycles. The molecule has 1 rings (SSSR count). The van der Waals surface area contributed by atoms with Gasteiger partial charge < -0.3 is 4.90 Å². The van der Waals surface area contributed by atoms with Crippen LogP contribution in [-0.4, -0.2) is 48.6 Å². The van der Waals surface area contributed by atoms with Crippen LogP contribution in [0, 0.1) is 0 Å². The van der Waals surface area contributed by atoms with E-state index in [0.29, 0.717) is 0 Å². The third kappa shape index (κ3) is 22.8. The van der Waals surface area contributed by atoms with Crippen LogP contribution in [-0.2, 0) is 12.5 Å². The van der Waals surface area contributed by atoms with E-state index in [1.165, 1.54) is 103 Å². The number of likely N-dealkylation sites (tertiary alicyclic amines) is 1. The van der Waals surface area contributed by atoms with Gasteiger partial charge in [0.15, 0.2) is 0 Å². The van der Waals surface area contributed by atoms with Gasteiger partial charge in [0.1, 0.15) is 0 Å². The highest BCUT2D eigenvalue weighted by Crippen LogP contribution is 2.56. The summed E-state index contributed by atoms with van der Waals surface area (Å²) in [7, 11) is -2.13. The monoisotopic (exact) mass is 638 g/mol. The van der Waals surface area contributed by atoms with E-state index >= 15 is 0 Å². The minimum atomic E-state index is -2.13. The minimum absolute atomic E-state index is 0.104. The molecule has 1 heterocycles. The van der Waals surface area contributed by atoms with Gasteiger partial charge in [0, 0.05) is 5.75 Å². The Morgan fingerprint density at radius 1 is 0.523 bits per heavy atom. The molecule has 0 spiro atoms. The van der Waals surface area contributed by atoms with Gasteiger partial charge in [-0.05, 0) is 124 Å². The molecule has 0 aromatic carbocycles. The molecule has 4 nitrogen and oxygen atoms in total. The predicted octanol–water partition coefficient (Wildman–Crippen LogP) is 12.6. The van der Waals surface area contributed by atoms with E-state index in [9.17, 15) is 0 Å². The minimum Gasteiger partial charge on any atom is -0.303 e. The third-order valence-electron chi connectivity index (χ3n) is 8.39. The van der Waals surface area contributed by atoms with Crippen LogP contribution in [0.15, 0.2) is 36.5 Å². The van der Waals surface area contributed by atoms with Gasteiger partial charge in [-0.1, -0.05) is 102 Å². The molecule has 3 atom stereocenters. The largest absolute Gasteiger partial charge is 0.303 e. The quantitative estimate of drug-likeness (QED) is 0.0579. The molecule has 260 valence electrons. The first-order valence-electron chi connectivity index (χ1n) is 19.0. The van der Waals surface area contributed by atoms with Crippen LogP contribution in [0.3, 0.4) is 0 Å². The first kappa shape index (κ1) is 41.4. The molecule has 1 fully saturated rings. The first-order chi connectivity index (χ1) is 21.4. The molecule has 5 heteroatoms. The average Bonchev–Trinajstić information content (AvgIpc) is 3.52. The lowest BCUT2D eigenvalue weighted by molar-refractivity contribution is 0.0816. The van der Waals surface area contributed by atoms with Gasteiger partial charge in [0.25, 0.3) is 0 Å². The highest BCUT2D eigenvalue weighted by atomic mass is 32.3. The van der Waals surface area contributed by atoms with E-state index in [-0.39, 0.29) is 18.3 Å². The third-order valence-corrected chi connectivity index (χ3v) is 11.0. The van der Waals surface area contributed by atoms with Crippen molar-refractivity contribution in [2.75, 3.05) is 25.4 Å². The fraction of sp³-hybridized carbons (Fsp3) is 0.846. The molecule has 0 N–H and O–H groups in total. The van der Waals surface area contributed by atoms with Crippen LogP contribution in [0.1, 0.15) is 170 Å². The highest BCUT2D eigenvalue weighted by Gasteiger charge is 2.33. The molecule has 1 saturated heterocycles. The SMILES string of the molecule is CCCC/C=C\CCC(C)OS(CCCCCN1CCCC1)(OC(C)CC/C=C\CCCC)OC(C)CC/C=C\CCCC. The van der Waals surface area contributed by atoms with E-state index in [0.717, 1.165) is 50.7 Å². The summed E-state index contributed by atoms with van der Waals surface area (Å²) in [6.45, 7) is 17.2. The van der Waals surface area contributed by atoms with Gasteiger partial charge >= 0.3 is 0 Å². The molecule has 0 radical (unpaired) electrons. The normalized spacial score (nSPS) is 18.9. The van der Waals surface area contributed by atoms with E-state index in [1.807, 2.05) is 0 Å². The summed E-state index contributed by atoms with van der Waals surface area (Å²) < 4.78 is 20.9. The Balaban J connectivity index is 2.92. The summed E-state index contributed by atoms with van der Waals surface area (Å²) >= 11 is 0. The number of hydrogen-bond acceptors (Lipinski definition) is 4. The maximum Gasteiger partial charge on any atom is 0.0895 e. The second-order valence-electron chi connectivity index (χ2n) is 13.2. The zero-order valence-corrected chi connectivity index (χ0v) is 31.1. The van der Waals surface area contributed by atoms with Crippen molar-refractivity contribution in [2.24, 2.45) is 0 Å². The second-order valence-corrected chi connectivity index (χ2v) is 15.3. The smallest absolute Gasteiger partial charge is 0.0895 e. The lowest BCUT2D eigenvalue weighted by Gasteiger charge is -2.43. The number of nitrogens with zero attached hydrogens (tertiary/aromatic N) is 1. The second kappa shape index (κ2) is 28.6. The molecular formula is C39H75NO3S. The molecule has 0 bridgehead atoms. The van der Waals surface area contributed by atoms with E-state index in [2.05, 4.69) is 82.9 Å². The van der Waals surface area contributed by atoms with Gasteiger partial charge in [-0.15, -0.1) is 0 Å². The van der Waals surface area contributed by atoms with Crippen LogP contribution >= 0.6 is 10.9 Å². The van der Waals surface area contributed by atoms with E-state index < -0.39 is 10.9 Å². The van der Waals surface area contributed by atoms with Gasteiger partial charge in [-0.2, -0.15) is 0 Å². The summed E-state index contributed by atoms with van der Waals surface area (Å²) in [5, 5.41) is 0. The average molecular weight is 638 g/mol. The summed E-state index contributed by atoms with van der Waals surface area (Å²) in [4.78, 5) is 2.63. The predicted molar refractivity (Wildman–Crippen MR) is 197 cm³/mol. The van der Waals surface area contributed by atoms with Crippen molar-refractivity contribution >= 4 is 10.9 Å². The van der Waals surface area contributed by atoms with Crippen molar-refractivity contribution in [3.8, 4) is 0 Å². The Hall–Kier alpha value is -0.590. The summed E-state index contributed by atoms with van der Waals surface area (Å²) in [6, 6.07) is 0. The van der Waals surface area contributed by atoms with Crippen LogP contribution in [0.5, 0.6) is 0 Å². The zero-order valence-electron chi connectivity index (χ0n) is 30.2. The van der Waals surface area contributed by atoms with Crippen molar-refractivity contribution in [1.29, 1.82) is 0 Å². The Morgan fingerprint density at radius 3 is 1.30 bits per heavy atom. The molecule has 3 unspecified atom stereocenters. The molecule has 1 aliphatic heterocycles. The maximum atomic E-state index is 6.96. The Morgan fingerprint density at radius 2 is 0.909 bits per heavy atom. The fourth-order valence-corrected chi connectivity index (χ4v) is 8.34. The van der Waals surface area contributed by atoms with Crippen LogP contribution in [0.4, 0.5) is 0 Å². The molecule has 0 aromatic heterocycles. The van der Waals surface area contributed by atoms with Gasteiger partial charge in [-0.25, -0.2) is 0 Å². The molecule has 44 heavy (non-hydrogen) atoms. The fourth-order valence-electron chi connectivity index (χ4n) is 5.57. The number of rotatable bonds is 30. The number of hydrogen-bond donors (Lipinski definition) is 0. The zero-order chi connectivity index (χ0) is 32.1. The molecule has 1 aliphatic rings. The van der Waals surface area contributed by atoms with Gasteiger partial charge in [0.05, 0.1) is 29.2 Å². The molecule has 0 aromatic rings. The van der Waals surface area contributed by atoms with Crippen molar-refractivity contribution in [2.45, 2.75) is 188 Å². The van der Waals surface area contributed by atoms with Gasteiger partial charge in [-0.3, -0.25) is 12.5 Å². The molecular weight excluding hydrogens is 563 g/mol. The Kier molecular flexibility index (Phi) is 26.9. The Labute approximate surface area is 277 Å². The van der Waals surface area contributed by atoms with Crippen molar-refractivity contribution < 1.29 is 12.5 Å². The maximum absolute atomic E-state index is 6.96. The first-order valence-corrected chi connectivity index (χ1v) is 20.5. The van der Waals surface area contributed by atoms with E-state index in [1.54, 1.807) is 0 Å². The number of allylic oxidation sites excluding steroid dienone is 6. The molecule has 0 aliphatic carbocycles. The van der Waals surface area contributed by atoms with Crippen LogP contribution < -0.4 is 0 Å². The summed E-state index contributed by atoms with van der Waals surface area (Å²) in [6.07, 6.45) is 37.9. The molecule has 0 amide bonds. The van der Waals surface area contributed by atoms with Crippen LogP contribution in [0.25, 0.3) is 0 Å². The Bertz CT molecular complexity index is 644.